The Kier molecular flexibility index (Phi) is 4.87. The standard InChI is InChI=1S/C16H17N5O4/c1-10-8-13(19-18-10)16(22)20-17-9-11-6-7-15(25-11)12-4-2-3-5-14(12)21(23)24/h2-7,9-10,13,18-19H,8H2,1H3,(H,20,22)/b17-9+. The van der Waals surface area contributed by atoms with Gasteiger partial charge < -0.3 is 4.42 Å². The maximum Gasteiger partial charge on any atom is 0.280 e. The second kappa shape index (κ2) is 7.24. The van der Waals surface area contributed by atoms with Crippen molar-refractivity contribution in [1.82, 2.24) is 16.3 Å². The fourth-order valence-electron chi connectivity index (χ4n) is 2.53. The lowest BCUT2D eigenvalue weighted by Gasteiger charge is -2.05. The van der Waals surface area contributed by atoms with Crippen molar-refractivity contribution in [1.29, 1.82) is 0 Å². The molecule has 2 atom stereocenters. The van der Waals surface area contributed by atoms with E-state index in [-0.39, 0.29) is 23.7 Å². The van der Waals surface area contributed by atoms with Crippen molar-refractivity contribution in [2.24, 2.45) is 5.10 Å². The number of nitrogens with zero attached hydrogens (tertiary/aromatic N) is 2. The highest BCUT2D eigenvalue weighted by molar-refractivity contribution is 5.84. The predicted octanol–water partition coefficient (Wildman–Crippen LogP) is 1.56. The maximum atomic E-state index is 11.9. The van der Waals surface area contributed by atoms with Crippen LogP contribution in [0.4, 0.5) is 5.69 Å². The van der Waals surface area contributed by atoms with Crippen molar-refractivity contribution >= 4 is 17.8 Å². The lowest BCUT2D eigenvalue weighted by atomic mass is 10.1. The molecule has 2 unspecified atom stereocenters. The van der Waals surface area contributed by atoms with Gasteiger partial charge in [-0.15, -0.1) is 0 Å². The van der Waals surface area contributed by atoms with Crippen LogP contribution in [0.15, 0.2) is 45.9 Å². The number of carbonyl (C=O) groups excluding carboxylic acids is 1. The van der Waals surface area contributed by atoms with Crippen LogP contribution in [0.2, 0.25) is 0 Å². The number of para-hydroxylation sites is 1. The van der Waals surface area contributed by atoms with Gasteiger partial charge in [-0.2, -0.15) is 5.10 Å². The topological polar surface area (TPSA) is 122 Å². The van der Waals surface area contributed by atoms with Crippen LogP contribution >= 0.6 is 0 Å². The SMILES string of the molecule is CC1CC(C(=O)N/N=C/c2ccc(-c3ccccc3[N+](=O)[O-])o2)NN1. The van der Waals surface area contributed by atoms with Gasteiger partial charge in [-0.1, -0.05) is 12.1 Å². The van der Waals surface area contributed by atoms with Crippen LogP contribution < -0.4 is 16.3 Å². The van der Waals surface area contributed by atoms with Gasteiger partial charge in [-0.3, -0.25) is 20.3 Å². The van der Waals surface area contributed by atoms with E-state index in [1.807, 2.05) is 6.92 Å². The normalized spacial score (nSPS) is 20.0. The predicted molar refractivity (Wildman–Crippen MR) is 90.7 cm³/mol. The minimum atomic E-state index is -0.463. The zero-order chi connectivity index (χ0) is 17.8. The molecule has 0 aliphatic carbocycles. The first-order valence-corrected chi connectivity index (χ1v) is 7.72. The number of benzene rings is 1. The summed E-state index contributed by atoms with van der Waals surface area (Å²) in [5.41, 5.74) is 8.61. The molecule has 0 radical (unpaired) electrons. The molecule has 2 heterocycles. The molecule has 1 aromatic carbocycles. The van der Waals surface area contributed by atoms with Gasteiger partial charge in [0.05, 0.1) is 16.7 Å². The number of hydrogen-bond donors (Lipinski definition) is 3. The van der Waals surface area contributed by atoms with Crippen LogP contribution in [0.25, 0.3) is 11.3 Å². The molecular weight excluding hydrogens is 326 g/mol. The molecule has 1 aliphatic heterocycles. The van der Waals surface area contributed by atoms with E-state index in [2.05, 4.69) is 21.4 Å². The van der Waals surface area contributed by atoms with Crippen LogP contribution in [0, 0.1) is 10.1 Å². The summed E-state index contributed by atoms with van der Waals surface area (Å²) in [5.74, 6) is 0.480. The van der Waals surface area contributed by atoms with E-state index in [1.165, 1.54) is 12.3 Å². The Morgan fingerprint density at radius 2 is 2.16 bits per heavy atom. The zero-order valence-electron chi connectivity index (χ0n) is 13.4. The van der Waals surface area contributed by atoms with Crippen molar-refractivity contribution in [3.05, 3.63) is 52.3 Å². The summed E-state index contributed by atoms with van der Waals surface area (Å²) >= 11 is 0. The third-order valence-corrected chi connectivity index (χ3v) is 3.77. The van der Waals surface area contributed by atoms with E-state index < -0.39 is 4.92 Å². The van der Waals surface area contributed by atoms with Crippen molar-refractivity contribution in [2.75, 3.05) is 0 Å². The highest BCUT2D eigenvalue weighted by Crippen LogP contribution is 2.30. The molecule has 0 saturated carbocycles. The van der Waals surface area contributed by atoms with Gasteiger partial charge in [0.1, 0.15) is 17.6 Å². The van der Waals surface area contributed by atoms with E-state index >= 15 is 0 Å². The third kappa shape index (κ3) is 3.90. The first-order chi connectivity index (χ1) is 12.0. The molecule has 1 aromatic heterocycles. The molecule has 9 nitrogen and oxygen atoms in total. The molecule has 1 aliphatic rings. The molecule has 0 bridgehead atoms. The van der Waals surface area contributed by atoms with E-state index in [0.717, 1.165) is 0 Å². The minimum Gasteiger partial charge on any atom is -0.455 e. The number of hydrazine groups is 1. The fraction of sp³-hybridized carbons (Fsp3) is 0.250. The number of amides is 1. The first-order valence-electron chi connectivity index (χ1n) is 7.72. The smallest absolute Gasteiger partial charge is 0.280 e. The zero-order valence-corrected chi connectivity index (χ0v) is 13.4. The van der Waals surface area contributed by atoms with Crippen molar-refractivity contribution in [3.63, 3.8) is 0 Å². The minimum absolute atomic E-state index is 0.0393. The lowest BCUT2D eigenvalue weighted by Crippen LogP contribution is -2.41. The van der Waals surface area contributed by atoms with E-state index in [0.29, 0.717) is 23.5 Å². The lowest BCUT2D eigenvalue weighted by molar-refractivity contribution is -0.384. The summed E-state index contributed by atoms with van der Waals surface area (Å²) in [6.07, 6.45) is 2.02. The highest BCUT2D eigenvalue weighted by atomic mass is 16.6. The largest absolute Gasteiger partial charge is 0.455 e. The summed E-state index contributed by atoms with van der Waals surface area (Å²) in [6.45, 7) is 1.97. The molecule has 9 heteroatoms. The molecule has 0 spiro atoms. The van der Waals surface area contributed by atoms with Crippen LogP contribution in [0.3, 0.4) is 0 Å². The number of hydrazone groups is 1. The van der Waals surface area contributed by atoms with Gasteiger partial charge in [0.25, 0.3) is 11.6 Å². The Morgan fingerprint density at radius 3 is 2.88 bits per heavy atom. The number of furan rings is 1. The van der Waals surface area contributed by atoms with Gasteiger partial charge in [0.2, 0.25) is 0 Å². The molecule has 1 fully saturated rings. The Labute approximate surface area is 143 Å². The van der Waals surface area contributed by atoms with Crippen LogP contribution in [0.5, 0.6) is 0 Å². The van der Waals surface area contributed by atoms with Crippen LogP contribution in [-0.2, 0) is 4.79 Å². The van der Waals surface area contributed by atoms with Crippen LogP contribution in [0.1, 0.15) is 19.1 Å². The Balaban J connectivity index is 1.66. The summed E-state index contributed by atoms with van der Waals surface area (Å²) in [6, 6.07) is 9.43. The monoisotopic (exact) mass is 343 g/mol. The summed E-state index contributed by atoms with van der Waals surface area (Å²) in [5, 5.41) is 14.9. The number of nitrogens with one attached hydrogen (secondary N) is 3. The molecule has 3 rings (SSSR count). The van der Waals surface area contributed by atoms with Crippen molar-refractivity contribution < 1.29 is 14.1 Å². The molecule has 130 valence electrons. The number of nitro groups is 1. The summed E-state index contributed by atoms with van der Waals surface area (Å²) < 4.78 is 5.55. The molecular formula is C16H17N5O4. The number of nitro benzene ring substituents is 1. The highest BCUT2D eigenvalue weighted by Gasteiger charge is 2.26. The molecule has 25 heavy (non-hydrogen) atoms. The molecule has 1 amide bonds. The van der Waals surface area contributed by atoms with Gasteiger partial charge in [-0.25, -0.2) is 10.9 Å². The quantitative estimate of drug-likeness (QED) is 0.430. The Bertz CT molecular complexity index is 816. The number of rotatable bonds is 5. The molecule has 2 aromatic rings. The van der Waals surface area contributed by atoms with Gasteiger partial charge in [0, 0.05) is 12.1 Å². The van der Waals surface area contributed by atoms with E-state index in [4.69, 9.17) is 4.42 Å². The fourth-order valence-corrected chi connectivity index (χ4v) is 2.53. The summed E-state index contributed by atoms with van der Waals surface area (Å²) in [7, 11) is 0. The number of hydrogen-bond acceptors (Lipinski definition) is 7. The maximum absolute atomic E-state index is 11.9. The van der Waals surface area contributed by atoms with Crippen molar-refractivity contribution in [2.45, 2.75) is 25.4 Å². The van der Waals surface area contributed by atoms with Crippen molar-refractivity contribution in [3.8, 4) is 11.3 Å². The van der Waals surface area contributed by atoms with Crippen LogP contribution in [-0.4, -0.2) is 29.1 Å². The summed E-state index contributed by atoms with van der Waals surface area (Å²) in [4.78, 5) is 22.5. The first kappa shape index (κ1) is 16.8. The Morgan fingerprint density at radius 1 is 1.36 bits per heavy atom. The van der Waals surface area contributed by atoms with E-state index in [9.17, 15) is 14.9 Å². The third-order valence-electron chi connectivity index (χ3n) is 3.77. The van der Waals surface area contributed by atoms with Gasteiger partial charge in [0.15, 0.2) is 0 Å². The molecule has 3 N–H and O–H groups in total. The van der Waals surface area contributed by atoms with Gasteiger partial charge >= 0.3 is 0 Å². The second-order valence-corrected chi connectivity index (χ2v) is 5.69. The Hall–Kier alpha value is -3.04. The second-order valence-electron chi connectivity index (χ2n) is 5.69. The van der Waals surface area contributed by atoms with Gasteiger partial charge in [-0.05, 0) is 31.5 Å². The van der Waals surface area contributed by atoms with E-state index in [1.54, 1.807) is 30.3 Å². The molecule has 1 saturated heterocycles. The average molecular weight is 343 g/mol. The average Bonchev–Trinajstić information content (AvgIpc) is 3.24. The number of carbonyl (C=O) groups is 1.